The summed E-state index contributed by atoms with van der Waals surface area (Å²) in [4.78, 5) is 4.39. The molecule has 0 spiro atoms. The fourth-order valence-electron chi connectivity index (χ4n) is 1.81. The van der Waals surface area contributed by atoms with Gasteiger partial charge in [0.15, 0.2) is 0 Å². The van der Waals surface area contributed by atoms with E-state index < -0.39 is 0 Å². The molecule has 90 valence electrons. The van der Waals surface area contributed by atoms with Gasteiger partial charge in [0, 0.05) is 27.9 Å². The summed E-state index contributed by atoms with van der Waals surface area (Å²) in [6.45, 7) is 0. The van der Waals surface area contributed by atoms with Crippen LogP contribution in [0.2, 0.25) is 0 Å². The van der Waals surface area contributed by atoms with Crippen molar-refractivity contribution in [3.63, 3.8) is 0 Å². The van der Waals surface area contributed by atoms with Crippen LogP contribution < -0.4 is 5.32 Å². The molecule has 0 bridgehead atoms. The minimum absolute atomic E-state index is 0.540. The number of nitrogens with zero attached hydrogens (tertiary/aromatic N) is 1. The van der Waals surface area contributed by atoms with Crippen LogP contribution in [0.4, 0.5) is 11.5 Å². The second-order valence-corrected chi connectivity index (χ2v) is 5.16. The Morgan fingerprint density at radius 1 is 1.11 bits per heavy atom. The molecule has 3 rings (SSSR count). The zero-order valence-corrected chi connectivity index (χ0v) is 11.1. The number of thiophene rings is 1. The number of pyridine rings is 1. The van der Waals surface area contributed by atoms with Gasteiger partial charge in [-0.15, -0.1) is 22.9 Å². The topological polar surface area (TPSA) is 24.9 Å². The molecule has 0 aliphatic rings. The van der Waals surface area contributed by atoms with E-state index in [0.29, 0.717) is 5.88 Å². The second kappa shape index (κ2) is 4.96. The van der Waals surface area contributed by atoms with Gasteiger partial charge in [-0.2, -0.15) is 0 Å². The minimum atomic E-state index is 0.540. The normalized spacial score (nSPS) is 10.7. The van der Waals surface area contributed by atoms with Gasteiger partial charge in [0.1, 0.15) is 5.82 Å². The number of halogens is 1. The SMILES string of the molecule is ClCc1ccc(Nc2nccc3sccc23)cc1. The summed E-state index contributed by atoms with van der Waals surface area (Å²) in [5, 5.41) is 6.57. The largest absolute Gasteiger partial charge is 0.340 e. The molecule has 0 aliphatic heterocycles. The van der Waals surface area contributed by atoms with Crippen LogP contribution in [-0.4, -0.2) is 4.98 Å². The van der Waals surface area contributed by atoms with Crippen molar-refractivity contribution < 1.29 is 0 Å². The first-order valence-corrected chi connectivity index (χ1v) is 7.02. The van der Waals surface area contributed by atoms with E-state index in [2.05, 4.69) is 21.7 Å². The average molecular weight is 275 g/mol. The number of aromatic nitrogens is 1. The summed E-state index contributed by atoms with van der Waals surface area (Å²) in [6.07, 6.45) is 1.83. The van der Waals surface area contributed by atoms with Gasteiger partial charge in [-0.1, -0.05) is 12.1 Å². The van der Waals surface area contributed by atoms with Crippen molar-refractivity contribution in [2.24, 2.45) is 0 Å². The van der Waals surface area contributed by atoms with Crippen molar-refractivity contribution in [1.29, 1.82) is 0 Å². The third-order valence-electron chi connectivity index (χ3n) is 2.75. The van der Waals surface area contributed by atoms with Crippen molar-refractivity contribution in [2.45, 2.75) is 5.88 Å². The second-order valence-electron chi connectivity index (χ2n) is 3.95. The van der Waals surface area contributed by atoms with Crippen LogP contribution in [0.3, 0.4) is 0 Å². The first-order chi connectivity index (χ1) is 8.86. The minimum Gasteiger partial charge on any atom is -0.340 e. The van der Waals surface area contributed by atoms with Crippen molar-refractivity contribution in [3.05, 3.63) is 53.5 Å². The Morgan fingerprint density at radius 3 is 2.72 bits per heavy atom. The van der Waals surface area contributed by atoms with Gasteiger partial charge in [0.05, 0.1) is 0 Å². The fourth-order valence-corrected chi connectivity index (χ4v) is 2.77. The van der Waals surface area contributed by atoms with E-state index in [1.165, 1.54) is 4.70 Å². The number of alkyl halides is 1. The molecule has 18 heavy (non-hydrogen) atoms. The lowest BCUT2D eigenvalue weighted by Crippen LogP contribution is -1.93. The molecule has 1 aromatic carbocycles. The van der Waals surface area contributed by atoms with E-state index in [1.807, 2.05) is 36.5 Å². The van der Waals surface area contributed by atoms with Crippen LogP contribution >= 0.6 is 22.9 Å². The first-order valence-electron chi connectivity index (χ1n) is 5.61. The summed E-state index contributed by atoms with van der Waals surface area (Å²) in [6, 6.07) is 12.2. The molecule has 0 unspecified atom stereocenters. The smallest absolute Gasteiger partial charge is 0.139 e. The average Bonchev–Trinajstić information content (AvgIpc) is 2.89. The lowest BCUT2D eigenvalue weighted by atomic mass is 10.2. The molecular weight excluding hydrogens is 264 g/mol. The molecule has 3 aromatic rings. The van der Waals surface area contributed by atoms with Crippen LogP contribution in [-0.2, 0) is 5.88 Å². The molecule has 2 heterocycles. The fraction of sp³-hybridized carbons (Fsp3) is 0.0714. The molecule has 0 saturated carbocycles. The number of benzene rings is 1. The number of nitrogens with one attached hydrogen (secondary N) is 1. The summed E-state index contributed by atoms with van der Waals surface area (Å²) in [5.74, 6) is 1.44. The first kappa shape index (κ1) is 11.5. The molecule has 0 aliphatic carbocycles. The van der Waals surface area contributed by atoms with E-state index in [9.17, 15) is 0 Å². The quantitative estimate of drug-likeness (QED) is 0.695. The molecule has 2 aromatic heterocycles. The van der Waals surface area contributed by atoms with Crippen molar-refractivity contribution in [1.82, 2.24) is 4.98 Å². The molecule has 2 nitrogen and oxygen atoms in total. The molecule has 1 N–H and O–H groups in total. The van der Waals surface area contributed by atoms with E-state index in [1.54, 1.807) is 11.3 Å². The summed E-state index contributed by atoms with van der Waals surface area (Å²) < 4.78 is 1.24. The zero-order valence-electron chi connectivity index (χ0n) is 9.56. The summed E-state index contributed by atoms with van der Waals surface area (Å²) >= 11 is 7.49. The number of anilines is 2. The van der Waals surface area contributed by atoms with E-state index >= 15 is 0 Å². The highest BCUT2D eigenvalue weighted by atomic mass is 35.5. The van der Waals surface area contributed by atoms with Crippen LogP contribution in [0.1, 0.15) is 5.56 Å². The van der Waals surface area contributed by atoms with Gasteiger partial charge in [-0.25, -0.2) is 4.98 Å². The van der Waals surface area contributed by atoms with Gasteiger partial charge in [-0.05, 0) is 35.2 Å². The third-order valence-corrected chi connectivity index (χ3v) is 3.94. The van der Waals surface area contributed by atoms with Crippen molar-refractivity contribution >= 4 is 44.5 Å². The molecule has 4 heteroatoms. The maximum Gasteiger partial charge on any atom is 0.139 e. The lowest BCUT2D eigenvalue weighted by Gasteiger charge is -2.07. The predicted molar refractivity (Wildman–Crippen MR) is 78.9 cm³/mol. The molecule has 0 saturated heterocycles. The Hall–Kier alpha value is -1.58. The van der Waals surface area contributed by atoms with Crippen LogP contribution in [0.15, 0.2) is 48.0 Å². The van der Waals surface area contributed by atoms with Crippen LogP contribution in [0.5, 0.6) is 0 Å². The Kier molecular flexibility index (Phi) is 3.17. The Bertz CT molecular complexity index is 661. The van der Waals surface area contributed by atoms with E-state index in [-0.39, 0.29) is 0 Å². The maximum absolute atomic E-state index is 5.77. The Balaban J connectivity index is 1.93. The molecule has 0 fully saturated rings. The van der Waals surface area contributed by atoms with E-state index in [0.717, 1.165) is 22.5 Å². The van der Waals surface area contributed by atoms with Gasteiger partial charge in [0.2, 0.25) is 0 Å². The summed E-state index contributed by atoms with van der Waals surface area (Å²) in [7, 11) is 0. The maximum atomic E-state index is 5.77. The van der Waals surface area contributed by atoms with Gasteiger partial charge >= 0.3 is 0 Å². The predicted octanol–water partition coefficient (Wildman–Crippen LogP) is 4.78. The third kappa shape index (κ3) is 2.19. The summed E-state index contributed by atoms with van der Waals surface area (Å²) in [5.41, 5.74) is 2.14. The van der Waals surface area contributed by atoms with Crippen molar-refractivity contribution in [2.75, 3.05) is 5.32 Å². The van der Waals surface area contributed by atoms with Crippen LogP contribution in [0, 0.1) is 0 Å². The monoisotopic (exact) mass is 274 g/mol. The highest BCUT2D eigenvalue weighted by Gasteiger charge is 2.03. The van der Waals surface area contributed by atoms with Crippen LogP contribution in [0.25, 0.3) is 10.1 Å². The highest BCUT2D eigenvalue weighted by molar-refractivity contribution is 7.17. The number of hydrogen-bond donors (Lipinski definition) is 1. The standard InChI is InChI=1S/C14H11ClN2S/c15-9-10-1-3-11(4-2-10)17-14-12-6-8-18-13(12)5-7-16-14/h1-8H,9H2,(H,16,17). The molecule has 0 amide bonds. The Labute approximate surface area is 114 Å². The number of rotatable bonds is 3. The molecular formula is C14H11ClN2S. The highest BCUT2D eigenvalue weighted by Crippen LogP contribution is 2.28. The molecule has 0 radical (unpaired) electrons. The number of fused-ring (bicyclic) bond motifs is 1. The van der Waals surface area contributed by atoms with Crippen molar-refractivity contribution in [3.8, 4) is 0 Å². The Morgan fingerprint density at radius 2 is 1.94 bits per heavy atom. The van der Waals surface area contributed by atoms with Gasteiger partial charge < -0.3 is 5.32 Å². The molecule has 0 atom stereocenters. The zero-order chi connectivity index (χ0) is 12.4. The number of hydrogen-bond acceptors (Lipinski definition) is 3. The lowest BCUT2D eigenvalue weighted by molar-refractivity contribution is 1.33. The van der Waals surface area contributed by atoms with Gasteiger partial charge in [-0.3, -0.25) is 0 Å². The van der Waals surface area contributed by atoms with Gasteiger partial charge in [0.25, 0.3) is 0 Å². The van der Waals surface area contributed by atoms with E-state index in [4.69, 9.17) is 11.6 Å².